The average Bonchev–Trinajstić information content (AvgIpc) is 2.52. The highest BCUT2D eigenvalue weighted by Crippen LogP contribution is 2.17. The van der Waals surface area contributed by atoms with E-state index in [1.807, 2.05) is 0 Å². The first-order chi connectivity index (χ1) is 11.4. The van der Waals surface area contributed by atoms with Crippen LogP contribution in [0.25, 0.3) is 0 Å². The number of carbonyl (C=O) groups excluding carboxylic acids is 1. The SMILES string of the molecule is CC(C)N(C)S(=O)(=O)c1ccc(C(=O)NCCOCC(F)(F)F)cc1. The molecule has 142 valence electrons. The van der Waals surface area contributed by atoms with Crippen LogP contribution >= 0.6 is 0 Å². The predicted octanol–water partition coefficient (Wildman–Crippen LogP) is 2.02. The van der Waals surface area contributed by atoms with E-state index >= 15 is 0 Å². The summed E-state index contributed by atoms with van der Waals surface area (Å²) in [6.45, 7) is 1.72. The molecule has 0 saturated carbocycles. The molecule has 1 aromatic carbocycles. The molecule has 0 aromatic heterocycles. The quantitative estimate of drug-likeness (QED) is 0.698. The van der Waals surface area contributed by atoms with Gasteiger partial charge in [0.2, 0.25) is 10.0 Å². The monoisotopic (exact) mass is 382 g/mol. The molecule has 1 aromatic rings. The van der Waals surface area contributed by atoms with Crippen LogP contribution in [-0.2, 0) is 14.8 Å². The molecule has 0 aliphatic carbocycles. The van der Waals surface area contributed by atoms with E-state index in [2.05, 4.69) is 10.1 Å². The van der Waals surface area contributed by atoms with Crippen LogP contribution in [0, 0.1) is 0 Å². The number of rotatable bonds is 8. The van der Waals surface area contributed by atoms with Gasteiger partial charge >= 0.3 is 6.18 Å². The number of amides is 1. The Morgan fingerprint density at radius 2 is 1.80 bits per heavy atom. The number of sulfonamides is 1. The number of carbonyl (C=O) groups is 1. The lowest BCUT2D eigenvalue weighted by Gasteiger charge is -2.21. The minimum absolute atomic E-state index is 0.0498. The van der Waals surface area contributed by atoms with Crippen molar-refractivity contribution < 1.29 is 31.1 Å². The zero-order valence-electron chi connectivity index (χ0n) is 14.1. The average molecular weight is 382 g/mol. The zero-order chi connectivity index (χ0) is 19.3. The fourth-order valence-corrected chi connectivity index (χ4v) is 3.12. The molecule has 0 radical (unpaired) electrons. The summed E-state index contributed by atoms with van der Waals surface area (Å²) in [6.07, 6.45) is -4.41. The summed E-state index contributed by atoms with van der Waals surface area (Å²) in [5, 5.41) is 2.39. The van der Waals surface area contributed by atoms with E-state index in [-0.39, 0.29) is 29.7 Å². The van der Waals surface area contributed by atoms with Crippen molar-refractivity contribution in [2.24, 2.45) is 0 Å². The van der Waals surface area contributed by atoms with Gasteiger partial charge in [-0.05, 0) is 38.1 Å². The van der Waals surface area contributed by atoms with Crippen molar-refractivity contribution in [3.63, 3.8) is 0 Å². The molecule has 0 heterocycles. The molecule has 0 bridgehead atoms. The second-order valence-corrected chi connectivity index (χ2v) is 7.56. The highest BCUT2D eigenvalue weighted by atomic mass is 32.2. The molecule has 25 heavy (non-hydrogen) atoms. The Bertz CT molecular complexity index is 673. The van der Waals surface area contributed by atoms with Crippen LogP contribution in [0.4, 0.5) is 13.2 Å². The predicted molar refractivity (Wildman–Crippen MR) is 85.7 cm³/mol. The summed E-state index contributed by atoms with van der Waals surface area (Å²) in [6, 6.07) is 5.08. The summed E-state index contributed by atoms with van der Waals surface area (Å²) in [7, 11) is -2.18. The molecule has 0 saturated heterocycles. The van der Waals surface area contributed by atoms with Gasteiger partial charge in [0.05, 0.1) is 11.5 Å². The summed E-state index contributed by atoms with van der Waals surface area (Å²) >= 11 is 0. The first-order valence-electron chi connectivity index (χ1n) is 7.46. The molecular weight excluding hydrogens is 361 g/mol. The van der Waals surface area contributed by atoms with E-state index in [0.717, 1.165) is 0 Å². The Kier molecular flexibility index (Phi) is 7.39. The van der Waals surface area contributed by atoms with Gasteiger partial charge in [0, 0.05) is 25.2 Å². The first-order valence-corrected chi connectivity index (χ1v) is 8.90. The first kappa shape index (κ1) is 21.4. The zero-order valence-corrected chi connectivity index (χ0v) is 14.9. The van der Waals surface area contributed by atoms with Crippen molar-refractivity contribution in [2.75, 3.05) is 26.8 Å². The number of benzene rings is 1. The summed E-state index contributed by atoms with van der Waals surface area (Å²) < 4.78 is 65.8. The smallest absolute Gasteiger partial charge is 0.370 e. The number of alkyl halides is 3. The largest absolute Gasteiger partial charge is 0.411 e. The number of nitrogens with zero attached hydrogens (tertiary/aromatic N) is 1. The van der Waals surface area contributed by atoms with Crippen molar-refractivity contribution in [3.05, 3.63) is 29.8 Å². The standard InChI is InChI=1S/C15H21F3N2O4S/c1-11(2)20(3)25(22,23)13-6-4-12(5-7-13)14(21)19-8-9-24-10-15(16,17)18/h4-7,11H,8-10H2,1-3H3,(H,19,21). The van der Waals surface area contributed by atoms with Crippen LogP contribution in [0.2, 0.25) is 0 Å². The Labute approximate surface area is 145 Å². The van der Waals surface area contributed by atoms with Crippen molar-refractivity contribution in [1.82, 2.24) is 9.62 Å². The topological polar surface area (TPSA) is 75.7 Å². The third kappa shape index (κ3) is 6.63. The molecule has 0 aliphatic heterocycles. The van der Waals surface area contributed by atoms with Gasteiger partial charge in [-0.3, -0.25) is 4.79 Å². The lowest BCUT2D eigenvalue weighted by molar-refractivity contribution is -0.173. The van der Waals surface area contributed by atoms with E-state index in [9.17, 15) is 26.4 Å². The molecule has 1 rings (SSSR count). The Hall–Kier alpha value is -1.65. The second-order valence-electron chi connectivity index (χ2n) is 5.56. The van der Waals surface area contributed by atoms with Gasteiger partial charge in [0.1, 0.15) is 6.61 Å². The highest BCUT2D eigenvalue weighted by molar-refractivity contribution is 7.89. The van der Waals surface area contributed by atoms with Crippen molar-refractivity contribution >= 4 is 15.9 Å². The number of hydrogen-bond donors (Lipinski definition) is 1. The number of nitrogens with one attached hydrogen (secondary N) is 1. The van der Waals surface area contributed by atoms with Gasteiger partial charge in [-0.2, -0.15) is 17.5 Å². The third-order valence-electron chi connectivity index (χ3n) is 3.32. The summed E-state index contributed by atoms with van der Waals surface area (Å²) in [5.74, 6) is -0.531. The van der Waals surface area contributed by atoms with Crippen LogP contribution in [0.15, 0.2) is 29.2 Å². The maximum atomic E-state index is 12.3. The summed E-state index contributed by atoms with van der Waals surface area (Å²) in [4.78, 5) is 11.9. The molecular formula is C15H21F3N2O4S. The minimum Gasteiger partial charge on any atom is -0.370 e. The van der Waals surface area contributed by atoms with Gasteiger partial charge in [0.25, 0.3) is 5.91 Å². The van der Waals surface area contributed by atoms with Crippen molar-refractivity contribution in [2.45, 2.75) is 31.0 Å². The van der Waals surface area contributed by atoms with Crippen molar-refractivity contribution in [3.8, 4) is 0 Å². The van der Waals surface area contributed by atoms with E-state index in [1.54, 1.807) is 13.8 Å². The van der Waals surface area contributed by atoms with Gasteiger partial charge < -0.3 is 10.1 Å². The van der Waals surface area contributed by atoms with E-state index < -0.39 is 28.7 Å². The maximum Gasteiger partial charge on any atom is 0.411 e. The van der Waals surface area contributed by atoms with E-state index in [0.29, 0.717) is 0 Å². The lowest BCUT2D eigenvalue weighted by atomic mass is 10.2. The van der Waals surface area contributed by atoms with E-state index in [1.165, 1.54) is 35.6 Å². The molecule has 0 aliphatic rings. The van der Waals surface area contributed by atoms with E-state index in [4.69, 9.17) is 0 Å². The van der Waals surface area contributed by atoms with Gasteiger partial charge in [0.15, 0.2) is 0 Å². The normalized spacial score (nSPS) is 12.6. The fraction of sp³-hybridized carbons (Fsp3) is 0.533. The van der Waals surface area contributed by atoms with Gasteiger partial charge in [-0.25, -0.2) is 8.42 Å². The second kappa shape index (κ2) is 8.63. The molecule has 10 heteroatoms. The van der Waals surface area contributed by atoms with Gasteiger partial charge in [-0.1, -0.05) is 0 Å². The van der Waals surface area contributed by atoms with Crippen LogP contribution in [0.3, 0.4) is 0 Å². The Balaban J connectivity index is 2.60. The molecule has 0 spiro atoms. The van der Waals surface area contributed by atoms with Crippen LogP contribution in [0.1, 0.15) is 24.2 Å². The third-order valence-corrected chi connectivity index (χ3v) is 5.37. The molecule has 1 N–H and O–H groups in total. The lowest BCUT2D eigenvalue weighted by Crippen LogP contribution is -2.33. The summed E-state index contributed by atoms with van der Waals surface area (Å²) in [5.41, 5.74) is 0.196. The van der Waals surface area contributed by atoms with Crippen LogP contribution < -0.4 is 5.32 Å². The maximum absolute atomic E-state index is 12.3. The Morgan fingerprint density at radius 3 is 2.28 bits per heavy atom. The fourth-order valence-electron chi connectivity index (χ4n) is 1.75. The molecule has 1 amide bonds. The van der Waals surface area contributed by atoms with Crippen LogP contribution in [0.5, 0.6) is 0 Å². The van der Waals surface area contributed by atoms with Gasteiger partial charge in [-0.15, -0.1) is 0 Å². The Morgan fingerprint density at radius 1 is 1.24 bits per heavy atom. The molecule has 6 nitrogen and oxygen atoms in total. The minimum atomic E-state index is -4.41. The number of hydrogen-bond acceptors (Lipinski definition) is 4. The molecule has 0 atom stereocenters. The molecule has 0 unspecified atom stereocenters. The highest BCUT2D eigenvalue weighted by Gasteiger charge is 2.27. The number of ether oxygens (including phenoxy) is 1. The number of halogens is 3. The van der Waals surface area contributed by atoms with Crippen LogP contribution in [-0.4, -0.2) is 57.7 Å². The van der Waals surface area contributed by atoms with Crippen molar-refractivity contribution in [1.29, 1.82) is 0 Å². The molecule has 0 fully saturated rings.